The molecular formula is C13H22N2S. The maximum absolute atomic E-state index is 6.31. The zero-order valence-corrected chi connectivity index (χ0v) is 10.9. The number of hydrogen-bond donors (Lipinski definition) is 1. The molecule has 0 amide bonds. The lowest BCUT2D eigenvalue weighted by Gasteiger charge is -2.31. The van der Waals surface area contributed by atoms with Crippen molar-refractivity contribution in [2.75, 3.05) is 0 Å². The largest absolute Gasteiger partial charge is 0.327 e. The number of hydrogen-bond acceptors (Lipinski definition) is 3. The predicted molar refractivity (Wildman–Crippen MR) is 69.5 cm³/mol. The Morgan fingerprint density at radius 2 is 2.19 bits per heavy atom. The molecule has 1 aliphatic carbocycles. The molecule has 16 heavy (non-hydrogen) atoms. The van der Waals surface area contributed by atoms with Crippen LogP contribution in [0.1, 0.15) is 43.9 Å². The first kappa shape index (κ1) is 12.1. The number of aromatic nitrogens is 1. The third-order valence-electron chi connectivity index (χ3n) is 3.99. The van der Waals surface area contributed by atoms with Gasteiger partial charge in [-0.15, -0.1) is 11.3 Å². The van der Waals surface area contributed by atoms with Crippen LogP contribution in [0.25, 0.3) is 0 Å². The van der Waals surface area contributed by atoms with Crippen molar-refractivity contribution < 1.29 is 0 Å². The van der Waals surface area contributed by atoms with Crippen LogP contribution in [-0.2, 0) is 6.42 Å². The van der Waals surface area contributed by atoms with E-state index in [1.807, 2.05) is 11.7 Å². The van der Waals surface area contributed by atoms with Crippen LogP contribution in [-0.4, -0.2) is 11.0 Å². The van der Waals surface area contributed by atoms with Crippen molar-refractivity contribution in [3.63, 3.8) is 0 Å². The predicted octanol–water partition coefficient (Wildman–Crippen LogP) is 3.23. The Hall–Kier alpha value is -0.410. The van der Waals surface area contributed by atoms with E-state index in [1.54, 1.807) is 11.3 Å². The molecule has 1 aromatic heterocycles. The van der Waals surface area contributed by atoms with Gasteiger partial charge in [0.05, 0.1) is 5.51 Å². The van der Waals surface area contributed by atoms with Gasteiger partial charge in [-0.2, -0.15) is 0 Å². The molecule has 1 saturated carbocycles. The van der Waals surface area contributed by atoms with Crippen LogP contribution in [0.4, 0.5) is 0 Å². The quantitative estimate of drug-likeness (QED) is 0.874. The first-order chi connectivity index (χ1) is 7.79. The van der Waals surface area contributed by atoms with Crippen LogP contribution in [0, 0.1) is 11.8 Å². The molecule has 0 spiro atoms. The van der Waals surface area contributed by atoms with Crippen LogP contribution >= 0.6 is 11.3 Å². The molecule has 2 N–H and O–H groups in total. The smallest absolute Gasteiger partial charge is 0.0794 e. The van der Waals surface area contributed by atoms with Gasteiger partial charge in [0.25, 0.3) is 0 Å². The topological polar surface area (TPSA) is 38.9 Å². The summed E-state index contributed by atoms with van der Waals surface area (Å²) < 4.78 is 0. The summed E-state index contributed by atoms with van der Waals surface area (Å²) in [7, 11) is 0. The third-order valence-corrected chi connectivity index (χ3v) is 4.80. The van der Waals surface area contributed by atoms with Crippen LogP contribution in [0.5, 0.6) is 0 Å². The SMILES string of the molecule is CCC1CCC(C(N)Cc2cncs2)CC1. The van der Waals surface area contributed by atoms with E-state index >= 15 is 0 Å². The van der Waals surface area contributed by atoms with Gasteiger partial charge in [0.15, 0.2) is 0 Å². The van der Waals surface area contributed by atoms with Crippen molar-refractivity contribution in [3.8, 4) is 0 Å². The summed E-state index contributed by atoms with van der Waals surface area (Å²) in [4.78, 5) is 5.45. The molecule has 90 valence electrons. The molecule has 2 nitrogen and oxygen atoms in total. The Labute approximate surface area is 102 Å². The summed E-state index contributed by atoms with van der Waals surface area (Å²) in [5.74, 6) is 1.71. The van der Waals surface area contributed by atoms with Gasteiger partial charge < -0.3 is 5.73 Å². The van der Waals surface area contributed by atoms with E-state index in [-0.39, 0.29) is 0 Å². The average molecular weight is 238 g/mol. The molecule has 3 heteroatoms. The van der Waals surface area contributed by atoms with E-state index in [9.17, 15) is 0 Å². The standard InChI is InChI=1S/C13H22N2S/c1-2-10-3-5-11(6-4-10)13(14)7-12-8-15-9-16-12/h8-11,13H,2-7,14H2,1H3. The van der Waals surface area contributed by atoms with E-state index in [0.717, 1.165) is 18.3 Å². The fraction of sp³-hybridized carbons (Fsp3) is 0.769. The number of nitrogens with two attached hydrogens (primary N) is 1. The lowest BCUT2D eigenvalue weighted by Crippen LogP contribution is -2.34. The van der Waals surface area contributed by atoms with Crippen molar-refractivity contribution in [2.45, 2.75) is 51.5 Å². The minimum atomic E-state index is 0.346. The molecule has 1 aromatic rings. The Balaban J connectivity index is 1.80. The summed E-state index contributed by atoms with van der Waals surface area (Å²) in [6.07, 6.45) is 9.76. The second-order valence-corrected chi connectivity index (χ2v) is 6.00. The third kappa shape index (κ3) is 3.05. The summed E-state index contributed by atoms with van der Waals surface area (Å²) >= 11 is 1.73. The van der Waals surface area contributed by atoms with E-state index in [0.29, 0.717) is 6.04 Å². The minimum Gasteiger partial charge on any atom is -0.327 e. The van der Waals surface area contributed by atoms with Gasteiger partial charge in [-0.3, -0.25) is 4.98 Å². The van der Waals surface area contributed by atoms with E-state index in [4.69, 9.17) is 5.73 Å². The van der Waals surface area contributed by atoms with Crippen molar-refractivity contribution in [1.82, 2.24) is 4.98 Å². The highest BCUT2D eigenvalue weighted by atomic mass is 32.1. The Bertz CT molecular complexity index is 289. The Kier molecular flexibility index (Phi) is 4.36. The van der Waals surface area contributed by atoms with Gasteiger partial charge in [-0.05, 0) is 31.1 Å². The number of rotatable bonds is 4. The molecule has 0 aliphatic heterocycles. The van der Waals surface area contributed by atoms with Crippen molar-refractivity contribution in [2.24, 2.45) is 17.6 Å². The first-order valence-electron chi connectivity index (χ1n) is 6.42. The van der Waals surface area contributed by atoms with Gasteiger partial charge in [0.2, 0.25) is 0 Å². The highest BCUT2D eigenvalue weighted by molar-refractivity contribution is 7.09. The molecule has 2 rings (SSSR count). The van der Waals surface area contributed by atoms with E-state index in [1.165, 1.54) is 37.0 Å². The molecule has 1 fully saturated rings. The number of nitrogens with zero attached hydrogens (tertiary/aromatic N) is 1. The normalized spacial score (nSPS) is 27.9. The molecule has 1 aliphatic rings. The zero-order chi connectivity index (χ0) is 11.4. The van der Waals surface area contributed by atoms with Crippen LogP contribution in [0.2, 0.25) is 0 Å². The molecular weight excluding hydrogens is 216 g/mol. The molecule has 1 unspecified atom stereocenters. The van der Waals surface area contributed by atoms with Crippen LogP contribution in [0.15, 0.2) is 11.7 Å². The van der Waals surface area contributed by atoms with Crippen molar-refractivity contribution in [1.29, 1.82) is 0 Å². The van der Waals surface area contributed by atoms with E-state index < -0.39 is 0 Å². The van der Waals surface area contributed by atoms with Gasteiger partial charge >= 0.3 is 0 Å². The molecule has 0 bridgehead atoms. The highest BCUT2D eigenvalue weighted by Crippen LogP contribution is 2.32. The summed E-state index contributed by atoms with van der Waals surface area (Å²) in [6.45, 7) is 2.31. The van der Waals surface area contributed by atoms with E-state index in [2.05, 4.69) is 11.9 Å². The summed E-state index contributed by atoms with van der Waals surface area (Å²) in [5, 5.41) is 0. The maximum atomic E-state index is 6.31. The van der Waals surface area contributed by atoms with Gasteiger partial charge in [-0.1, -0.05) is 26.2 Å². The average Bonchev–Trinajstić information content (AvgIpc) is 2.82. The lowest BCUT2D eigenvalue weighted by molar-refractivity contribution is 0.238. The monoisotopic (exact) mass is 238 g/mol. The van der Waals surface area contributed by atoms with Gasteiger partial charge in [-0.25, -0.2) is 0 Å². The Morgan fingerprint density at radius 3 is 2.75 bits per heavy atom. The molecule has 1 atom stereocenters. The second kappa shape index (κ2) is 5.78. The molecule has 0 aromatic carbocycles. The summed E-state index contributed by atoms with van der Waals surface area (Å²) in [5.41, 5.74) is 8.20. The zero-order valence-electron chi connectivity index (χ0n) is 10.1. The first-order valence-corrected chi connectivity index (χ1v) is 7.30. The maximum Gasteiger partial charge on any atom is 0.0794 e. The van der Waals surface area contributed by atoms with Gasteiger partial charge in [0, 0.05) is 17.1 Å². The second-order valence-electron chi connectivity index (χ2n) is 5.02. The Morgan fingerprint density at radius 1 is 1.44 bits per heavy atom. The fourth-order valence-electron chi connectivity index (χ4n) is 2.77. The van der Waals surface area contributed by atoms with Crippen molar-refractivity contribution in [3.05, 3.63) is 16.6 Å². The fourth-order valence-corrected chi connectivity index (χ4v) is 3.43. The van der Waals surface area contributed by atoms with Crippen molar-refractivity contribution >= 4 is 11.3 Å². The highest BCUT2D eigenvalue weighted by Gasteiger charge is 2.24. The minimum absolute atomic E-state index is 0.346. The van der Waals surface area contributed by atoms with Crippen LogP contribution < -0.4 is 5.73 Å². The summed E-state index contributed by atoms with van der Waals surface area (Å²) in [6, 6.07) is 0.346. The van der Waals surface area contributed by atoms with Gasteiger partial charge in [0.1, 0.15) is 0 Å². The number of thiazole rings is 1. The molecule has 1 heterocycles. The van der Waals surface area contributed by atoms with Crippen LogP contribution in [0.3, 0.4) is 0 Å². The molecule has 0 radical (unpaired) electrons. The molecule has 0 saturated heterocycles. The lowest BCUT2D eigenvalue weighted by atomic mass is 9.77.